The highest BCUT2D eigenvalue weighted by Gasteiger charge is 1.77. The van der Waals surface area contributed by atoms with Gasteiger partial charge in [-0.2, -0.15) is 0 Å². The number of allylic oxidation sites excluding steroid dienone is 4. The fourth-order valence-electron chi connectivity index (χ4n) is 0.542. The van der Waals surface area contributed by atoms with Crippen LogP contribution in [-0.2, 0) is 0 Å². The Bertz CT molecular complexity index is 91.8. The van der Waals surface area contributed by atoms with Crippen molar-refractivity contribution in [2.45, 2.75) is 12.8 Å². The van der Waals surface area contributed by atoms with E-state index in [9.17, 15) is 0 Å². The van der Waals surface area contributed by atoms with Crippen molar-refractivity contribution in [1.82, 2.24) is 0 Å². The number of hydrogen-bond donors (Lipinski definition) is 2. The fourth-order valence-corrected chi connectivity index (χ4v) is 0.542. The van der Waals surface area contributed by atoms with E-state index in [-0.39, 0.29) is 0 Å². The maximum atomic E-state index is 4.90. The fraction of sp³-hybridized carbons (Fsp3) is 0.500. The lowest BCUT2D eigenvalue weighted by Gasteiger charge is -1.88. The second-order valence-corrected chi connectivity index (χ2v) is 2.01. The quantitative estimate of drug-likeness (QED) is 0.566. The smallest absolute Gasteiger partial charge is 0.00461 e. The van der Waals surface area contributed by atoms with Gasteiger partial charge < -0.3 is 11.5 Å². The molecule has 0 aromatic rings. The lowest BCUT2D eigenvalue weighted by Crippen LogP contribution is -2.11. The van der Waals surface area contributed by atoms with Gasteiger partial charge in [0.15, 0.2) is 0 Å². The summed E-state index contributed by atoms with van der Waals surface area (Å²) in [5.41, 5.74) is 9.81. The van der Waals surface area contributed by atoms with Crippen LogP contribution >= 0.6 is 0 Å². The molecule has 0 saturated carbocycles. The van der Waals surface area contributed by atoms with Gasteiger partial charge in [0.1, 0.15) is 0 Å². The molecule has 0 heterocycles. The van der Waals surface area contributed by atoms with Gasteiger partial charge in [-0.05, 0) is 12.8 Å². The highest BCUT2D eigenvalue weighted by molar-refractivity contribution is 5.07. The summed E-state index contributed by atoms with van der Waals surface area (Å²) in [4.78, 5) is 0. The van der Waals surface area contributed by atoms with Crippen LogP contribution in [0.4, 0.5) is 0 Å². The largest absolute Gasteiger partial charge is 0.329 e. The molecule has 0 aliphatic heterocycles. The van der Waals surface area contributed by atoms with Gasteiger partial charge in [-0.25, -0.2) is 0 Å². The molecule has 0 bridgehead atoms. The normalized spacial score (nSPS) is 14.2. The van der Waals surface area contributed by atoms with Crippen LogP contribution < -0.4 is 11.5 Å². The van der Waals surface area contributed by atoms with Crippen molar-refractivity contribution in [2.75, 3.05) is 13.1 Å². The third kappa shape index (κ3) is 7.40. The minimum absolute atomic E-state index is 0.597. The van der Waals surface area contributed by atoms with Crippen LogP contribution in [0.1, 0.15) is 12.8 Å². The topological polar surface area (TPSA) is 52.0 Å². The van der Waals surface area contributed by atoms with E-state index in [0.717, 1.165) is 0 Å². The molecule has 0 unspecified atom stereocenters. The molecule has 0 aromatic heterocycles. The standard InChI is InChI=1S/C6H8.C2H8N2/c1-2-4-6-5-3-1;3-1-2-4/h1-4H,5-6H2;1-4H2. The van der Waals surface area contributed by atoms with E-state index in [0.29, 0.717) is 13.1 Å². The molecule has 58 valence electrons. The van der Waals surface area contributed by atoms with Gasteiger partial charge in [0.05, 0.1) is 0 Å². The van der Waals surface area contributed by atoms with Crippen LogP contribution in [-0.4, -0.2) is 13.1 Å². The van der Waals surface area contributed by atoms with Gasteiger partial charge in [0.2, 0.25) is 0 Å². The minimum Gasteiger partial charge on any atom is -0.329 e. The molecule has 0 atom stereocenters. The summed E-state index contributed by atoms with van der Waals surface area (Å²) < 4.78 is 0. The highest BCUT2D eigenvalue weighted by Crippen LogP contribution is 1.98. The molecule has 0 spiro atoms. The van der Waals surface area contributed by atoms with Crippen LogP contribution in [0.5, 0.6) is 0 Å². The third-order valence-corrected chi connectivity index (χ3v) is 1.05. The van der Waals surface area contributed by atoms with E-state index in [1.165, 1.54) is 12.8 Å². The average Bonchev–Trinajstić information content (AvgIpc) is 2.08. The van der Waals surface area contributed by atoms with Gasteiger partial charge in [0, 0.05) is 13.1 Å². The summed E-state index contributed by atoms with van der Waals surface area (Å²) in [5, 5.41) is 0. The summed E-state index contributed by atoms with van der Waals surface area (Å²) in [7, 11) is 0. The van der Waals surface area contributed by atoms with Crippen molar-refractivity contribution in [1.29, 1.82) is 0 Å². The van der Waals surface area contributed by atoms with Crippen molar-refractivity contribution in [3.05, 3.63) is 24.3 Å². The van der Waals surface area contributed by atoms with Crippen molar-refractivity contribution >= 4 is 0 Å². The molecule has 2 heteroatoms. The molecular formula is C8H16N2. The van der Waals surface area contributed by atoms with Crippen LogP contribution in [0, 0.1) is 0 Å². The molecule has 1 aliphatic carbocycles. The predicted octanol–water partition coefficient (Wildman–Crippen LogP) is 0.796. The van der Waals surface area contributed by atoms with Crippen molar-refractivity contribution < 1.29 is 0 Å². The monoisotopic (exact) mass is 140 g/mol. The summed E-state index contributed by atoms with van der Waals surface area (Å²) in [6.45, 7) is 1.19. The molecule has 0 aromatic carbocycles. The summed E-state index contributed by atoms with van der Waals surface area (Å²) in [6.07, 6.45) is 11.0. The van der Waals surface area contributed by atoms with Crippen molar-refractivity contribution in [3.63, 3.8) is 0 Å². The molecule has 2 nitrogen and oxygen atoms in total. The second-order valence-electron chi connectivity index (χ2n) is 2.01. The minimum atomic E-state index is 0.597. The molecule has 0 amide bonds. The Morgan fingerprint density at radius 1 is 0.900 bits per heavy atom. The lowest BCUT2D eigenvalue weighted by atomic mass is 10.2. The molecule has 10 heavy (non-hydrogen) atoms. The first-order valence-corrected chi connectivity index (χ1v) is 3.63. The van der Waals surface area contributed by atoms with E-state index in [1.54, 1.807) is 0 Å². The summed E-state index contributed by atoms with van der Waals surface area (Å²) in [5.74, 6) is 0. The zero-order valence-corrected chi connectivity index (χ0v) is 6.29. The van der Waals surface area contributed by atoms with Gasteiger partial charge in [-0.1, -0.05) is 24.3 Å². The van der Waals surface area contributed by atoms with Gasteiger partial charge in [-0.15, -0.1) is 0 Å². The molecule has 4 N–H and O–H groups in total. The molecule has 0 fully saturated rings. The van der Waals surface area contributed by atoms with Gasteiger partial charge >= 0.3 is 0 Å². The predicted molar refractivity (Wildman–Crippen MR) is 45.6 cm³/mol. The van der Waals surface area contributed by atoms with Crippen LogP contribution in [0.2, 0.25) is 0 Å². The zero-order valence-electron chi connectivity index (χ0n) is 6.29. The third-order valence-electron chi connectivity index (χ3n) is 1.05. The Kier molecular flexibility index (Phi) is 7.90. The first kappa shape index (κ1) is 9.40. The first-order chi connectivity index (χ1) is 4.91. The average molecular weight is 140 g/mol. The summed E-state index contributed by atoms with van der Waals surface area (Å²) >= 11 is 0. The van der Waals surface area contributed by atoms with Crippen LogP contribution in [0.15, 0.2) is 24.3 Å². The molecule has 1 aliphatic rings. The highest BCUT2D eigenvalue weighted by atomic mass is 14.6. The maximum Gasteiger partial charge on any atom is 0.00461 e. The van der Waals surface area contributed by atoms with Gasteiger partial charge in [0.25, 0.3) is 0 Å². The second kappa shape index (κ2) is 8.40. The van der Waals surface area contributed by atoms with Crippen LogP contribution in [0.25, 0.3) is 0 Å². The molecule has 1 rings (SSSR count). The van der Waals surface area contributed by atoms with Crippen molar-refractivity contribution in [2.24, 2.45) is 11.5 Å². The molecule has 0 saturated heterocycles. The van der Waals surface area contributed by atoms with E-state index in [1.807, 2.05) is 0 Å². The number of hydrogen-bond acceptors (Lipinski definition) is 2. The van der Waals surface area contributed by atoms with E-state index < -0.39 is 0 Å². The van der Waals surface area contributed by atoms with E-state index in [4.69, 9.17) is 11.5 Å². The van der Waals surface area contributed by atoms with Crippen molar-refractivity contribution in [3.8, 4) is 0 Å². The number of rotatable bonds is 1. The Hall–Kier alpha value is -0.600. The Morgan fingerprint density at radius 2 is 1.30 bits per heavy atom. The SMILES string of the molecule is C1=CCCC=C1.NCCN. The van der Waals surface area contributed by atoms with Gasteiger partial charge in [-0.3, -0.25) is 0 Å². The summed E-state index contributed by atoms with van der Waals surface area (Å²) in [6, 6.07) is 0. The van der Waals surface area contributed by atoms with E-state index >= 15 is 0 Å². The van der Waals surface area contributed by atoms with E-state index in [2.05, 4.69) is 24.3 Å². The Balaban J connectivity index is 0.000000180. The number of nitrogens with two attached hydrogens (primary N) is 2. The van der Waals surface area contributed by atoms with Crippen LogP contribution in [0.3, 0.4) is 0 Å². The molecule has 0 radical (unpaired) electrons. The Labute approximate surface area is 62.6 Å². The maximum absolute atomic E-state index is 4.90. The lowest BCUT2D eigenvalue weighted by molar-refractivity contribution is 0.976. The zero-order chi connectivity index (χ0) is 7.66. The first-order valence-electron chi connectivity index (χ1n) is 3.63. The Morgan fingerprint density at radius 3 is 1.40 bits per heavy atom. The molecular weight excluding hydrogens is 124 g/mol.